The number of benzene rings is 2. The van der Waals surface area contributed by atoms with E-state index in [4.69, 9.17) is 4.74 Å². The number of aryl methyl sites for hydroxylation is 1. The van der Waals surface area contributed by atoms with E-state index < -0.39 is 5.82 Å². The van der Waals surface area contributed by atoms with Crippen LogP contribution in [0, 0.1) is 11.6 Å². The molecule has 1 atom stereocenters. The Kier molecular flexibility index (Phi) is 4.94. The van der Waals surface area contributed by atoms with Crippen LogP contribution in [0.15, 0.2) is 60.8 Å². The van der Waals surface area contributed by atoms with Gasteiger partial charge in [0, 0.05) is 42.7 Å². The topological polar surface area (TPSA) is 17.4 Å². The summed E-state index contributed by atoms with van der Waals surface area (Å²) in [6.45, 7) is 2.01. The van der Waals surface area contributed by atoms with Crippen LogP contribution in [0.5, 0.6) is 5.75 Å². The van der Waals surface area contributed by atoms with Crippen LogP contribution >= 0.6 is 0 Å². The quantitative estimate of drug-likeness (QED) is 0.660. The highest BCUT2D eigenvalue weighted by atomic mass is 19.1. The van der Waals surface area contributed by atoms with Crippen molar-refractivity contribution in [3.05, 3.63) is 89.2 Å². The van der Waals surface area contributed by atoms with E-state index in [9.17, 15) is 8.78 Å². The molecule has 3 aromatic rings. The fourth-order valence-electron chi connectivity index (χ4n) is 3.94. The number of rotatable bonds is 4. The van der Waals surface area contributed by atoms with E-state index in [1.165, 1.54) is 12.1 Å². The second-order valence-electron chi connectivity index (χ2n) is 6.83. The van der Waals surface area contributed by atoms with Gasteiger partial charge in [-0.1, -0.05) is 18.2 Å². The molecule has 5 heteroatoms. The Balaban J connectivity index is 1.80. The zero-order valence-corrected chi connectivity index (χ0v) is 15.2. The van der Waals surface area contributed by atoms with E-state index >= 15 is 0 Å². The SMILES string of the molecule is COc1ccccc1C1c2cccn2CCCN1Cc1cc(F)ccc1F. The van der Waals surface area contributed by atoms with Gasteiger partial charge in [0.1, 0.15) is 17.4 Å². The average molecular weight is 368 g/mol. The van der Waals surface area contributed by atoms with Crippen LogP contribution in [0.3, 0.4) is 0 Å². The molecule has 2 heterocycles. The second-order valence-corrected chi connectivity index (χ2v) is 6.83. The molecule has 1 unspecified atom stereocenters. The number of hydrogen-bond acceptors (Lipinski definition) is 2. The van der Waals surface area contributed by atoms with E-state index in [-0.39, 0.29) is 11.9 Å². The smallest absolute Gasteiger partial charge is 0.127 e. The van der Waals surface area contributed by atoms with Crippen LogP contribution in [0.25, 0.3) is 0 Å². The molecule has 0 fully saturated rings. The second kappa shape index (κ2) is 7.53. The summed E-state index contributed by atoms with van der Waals surface area (Å²) in [6, 6.07) is 15.6. The Morgan fingerprint density at radius 3 is 2.74 bits per heavy atom. The van der Waals surface area contributed by atoms with Gasteiger partial charge in [0.15, 0.2) is 0 Å². The standard InChI is InChI=1S/C22H22F2N2O/c1-27-21-8-3-2-6-18(21)22-20-7-4-11-25(20)12-5-13-26(22)15-16-14-17(23)9-10-19(16)24/h2-4,6-11,14,22H,5,12-13,15H2,1H3. The van der Waals surface area contributed by atoms with Gasteiger partial charge in [-0.15, -0.1) is 0 Å². The minimum atomic E-state index is -0.418. The highest BCUT2D eigenvalue weighted by Gasteiger charge is 2.30. The van der Waals surface area contributed by atoms with E-state index in [1.807, 2.05) is 30.3 Å². The molecule has 2 aromatic carbocycles. The summed E-state index contributed by atoms with van der Waals surface area (Å²) in [7, 11) is 1.66. The maximum atomic E-state index is 14.3. The maximum Gasteiger partial charge on any atom is 0.127 e. The summed E-state index contributed by atoms with van der Waals surface area (Å²) < 4.78 is 35.9. The summed E-state index contributed by atoms with van der Waals surface area (Å²) in [5, 5.41) is 0. The van der Waals surface area contributed by atoms with Gasteiger partial charge in [-0.25, -0.2) is 8.78 Å². The number of hydrogen-bond donors (Lipinski definition) is 0. The Hall–Kier alpha value is -2.66. The largest absolute Gasteiger partial charge is 0.496 e. The first-order chi connectivity index (χ1) is 13.2. The molecule has 4 rings (SSSR count). The number of para-hydroxylation sites is 1. The summed E-state index contributed by atoms with van der Waals surface area (Å²) in [5.41, 5.74) is 2.53. The molecule has 140 valence electrons. The maximum absolute atomic E-state index is 14.3. The van der Waals surface area contributed by atoms with Gasteiger partial charge in [-0.3, -0.25) is 4.90 Å². The summed E-state index contributed by atoms with van der Waals surface area (Å²) in [4.78, 5) is 2.20. The van der Waals surface area contributed by atoms with Crippen LogP contribution in [-0.2, 0) is 13.1 Å². The van der Waals surface area contributed by atoms with Crippen molar-refractivity contribution in [3.8, 4) is 5.75 Å². The molecule has 1 aliphatic heterocycles. The molecule has 0 bridgehead atoms. The van der Waals surface area contributed by atoms with Gasteiger partial charge < -0.3 is 9.30 Å². The Bertz CT molecular complexity index is 938. The summed E-state index contributed by atoms with van der Waals surface area (Å²) >= 11 is 0. The minimum absolute atomic E-state index is 0.0960. The molecule has 3 nitrogen and oxygen atoms in total. The van der Waals surface area contributed by atoms with Crippen molar-refractivity contribution in [1.82, 2.24) is 9.47 Å². The minimum Gasteiger partial charge on any atom is -0.496 e. The lowest BCUT2D eigenvalue weighted by atomic mass is 10.00. The highest BCUT2D eigenvalue weighted by Crippen LogP contribution is 2.37. The number of aromatic nitrogens is 1. The van der Waals surface area contributed by atoms with Crippen molar-refractivity contribution in [1.29, 1.82) is 0 Å². The van der Waals surface area contributed by atoms with Gasteiger partial charge >= 0.3 is 0 Å². The zero-order valence-electron chi connectivity index (χ0n) is 15.2. The van der Waals surface area contributed by atoms with Gasteiger partial charge in [-0.2, -0.15) is 0 Å². The molecule has 0 N–H and O–H groups in total. The Morgan fingerprint density at radius 2 is 1.89 bits per heavy atom. The molecule has 0 aliphatic carbocycles. The average Bonchev–Trinajstić information content (AvgIpc) is 3.06. The van der Waals surface area contributed by atoms with Crippen LogP contribution in [0.2, 0.25) is 0 Å². The van der Waals surface area contributed by atoms with Gasteiger partial charge in [0.05, 0.1) is 13.2 Å². The third-order valence-electron chi connectivity index (χ3n) is 5.17. The first-order valence-electron chi connectivity index (χ1n) is 9.13. The van der Waals surface area contributed by atoms with Crippen LogP contribution < -0.4 is 4.74 Å². The van der Waals surface area contributed by atoms with Crippen molar-refractivity contribution >= 4 is 0 Å². The molecular weight excluding hydrogens is 346 g/mol. The van der Waals surface area contributed by atoms with Crippen molar-refractivity contribution in [2.45, 2.75) is 25.6 Å². The Morgan fingerprint density at radius 1 is 1.04 bits per heavy atom. The molecule has 0 radical (unpaired) electrons. The van der Waals surface area contributed by atoms with E-state index in [0.29, 0.717) is 12.1 Å². The number of halogens is 2. The molecule has 27 heavy (non-hydrogen) atoms. The fourth-order valence-corrected chi connectivity index (χ4v) is 3.94. The number of ether oxygens (including phenoxy) is 1. The van der Waals surface area contributed by atoms with Crippen molar-refractivity contribution in [2.75, 3.05) is 13.7 Å². The van der Waals surface area contributed by atoms with Crippen LogP contribution in [-0.4, -0.2) is 23.1 Å². The lowest BCUT2D eigenvalue weighted by Gasteiger charge is -2.31. The van der Waals surface area contributed by atoms with E-state index in [1.54, 1.807) is 7.11 Å². The molecule has 0 saturated carbocycles. The molecule has 0 saturated heterocycles. The number of fused-ring (bicyclic) bond motifs is 1. The van der Waals surface area contributed by atoms with Gasteiger partial charge in [0.25, 0.3) is 0 Å². The third-order valence-corrected chi connectivity index (χ3v) is 5.17. The third kappa shape index (κ3) is 3.47. The number of nitrogens with zero attached hydrogens (tertiary/aromatic N) is 2. The lowest BCUT2D eigenvalue weighted by Crippen LogP contribution is -2.30. The highest BCUT2D eigenvalue weighted by molar-refractivity contribution is 5.41. The van der Waals surface area contributed by atoms with Gasteiger partial charge in [0.2, 0.25) is 0 Å². The lowest BCUT2D eigenvalue weighted by molar-refractivity contribution is 0.213. The first-order valence-corrected chi connectivity index (χ1v) is 9.13. The number of methoxy groups -OCH3 is 1. The Labute approximate surface area is 157 Å². The predicted octanol–water partition coefficient (Wildman–Crippen LogP) is 4.77. The van der Waals surface area contributed by atoms with Crippen LogP contribution in [0.1, 0.15) is 29.3 Å². The summed E-state index contributed by atoms with van der Waals surface area (Å²) in [6.07, 6.45) is 3.01. The zero-order chi connectivity index (χ0) is 18.8. The predicted molar refractivity (Wildman–Crippen MR) is 101 cm³/mol. The first kappa shape index (κ1) is 17.7. The molecule has 1 aromatic heterocycles. The molecule has 1 aliphatic rings. The summed E-state index contributed by atoms with van der Waals surface area (Å²) in [5.74, 6) is -0.00453. The van der Waals surface area contributed by atoms with Gasteiger partial charge in [-0.05, 0) is 42.8 Å². The van der Waals surface area contributed by atoms with Crippen molar-refractivity contribution in [2.24, 2.45) is 0 Å². The van der Waals surface area contributed by atoms with Crippen molar-refractivity contribution in [3.63, 3.8) is 0 Å². The van der Waals surface area contributed by atoms with E-state index in [0.717, 1.165) is 42.6 Å². The van der Waals surface area contributed by atoms with Crippen molar-refractivity contribution < 1.29 is 13.5 Å². The molecular formula is C22H22F2N2O. The molecule has 0 spiro atoms. The fraction of sp³-hybridized carbons (Fsp3) is 0.273. The molecule has 0 amide bonds. The van der Waals surface area contributed by atoms with Crippen LogP contribution in [0.4, 0.5) is 8.78 Å². The van der Waals surface area contributed by atoms with E-state index in [2.05, 4.69) is 21.7 Å². The monoisotopic (exact) mass is 368 g/mol. The normalized spacial score (nSPS) is 17.4.